The molecule has 0 spiro atoms. The summed E-state index contributed by atoms with van der Waals surface area (Å²) in [7, 11) is -3.72. The molecule has 0 amide bonds. The van der Waals surface area contributed by atoms with Crippen LogP contribution < -0.4 is 5.56 Å². The highest BCUT2D eigenvalue weighted by atomic mass is 35.5. The van der Waals surface area contributed by atoms with Crippen LogP contribution in [0.3, 0.4) is 0 Å². The number of benzene rings is 1. The van der Waals surface area contributed by atoms with Crippen molar-refractivity contribution in [2.75, 3.05) is 12.0 Å². The molecule has 190 valence electrons. The predicted molar refractivity (Wildman–Crippen MR) is 142 cm³/mol. The highest BCUT2D eigenvalue weighted by Crippen LogP contribution is 2.37. The Balaban J connectivity index is 1.84. The maximum absolute atomic E-state index is 14.9. The van der Waals surface area contributed by atoms with Gasteiger partial charge in [-0.3, -0.25) is 9.59 Å². The van der Waals surface area contributed by atoms with E-state index in [-0.39, 0.29) is 28.5 Å². The quantitative estimate of drug-likeness (QED) is 0.287. The average molecular weight is 541 g/mol. The summed E-state index contributed by atoms with van der Waals surface area (Å²) in [5.74, 6) is -1.50. The minimum Gasteiger partial charge on any atom is -0.333 e. The largest absolute Gasteiger partial charge is 0.333 e. The van der Waals surface area contributed by atoms with Crippen LogP contribution in [0.4, 0.5) is 10.2 Å². The first-order chi connectivity index (χ1) is 17.5. The van der Waals surface area contributed by atoms with Crippen molar-refractivity contribution in [3.8, 4) is 11.1 Å². The van der Waals surface area contributed by atoms with E-state index in [1.807, 2.05) is 6.07 Å². The van der Waals surface area contributed by atoms with Gasteiger partial charge in [-0.25, -0.2) is 22.8 Å². The molecule has 0 saturated heterocycles. The number of hydrogen-bond donors (Lipinski definition) is 1. The van der Waals surface area contributed by atoms with Crippen LogP contribution in [0, 0.1) is 12.7 Å². The number of fused-ring (bicyclic) bond motifs is 2. The Morgan fingerprint density at radius 3 is 2.78 bits per heavy atom. The molecule has 1 aliphatic heterocycles. The standard InChI is InChI=1S/C26H22ClFN4O4S/c1-14-9-18-20(11-19(14)28)32(12-16-10-15-5-3-7-29-25(15)31-24(16)27)23(21(33)13-37(2,35)36)22(18)17-6-4-8-30-26(17)34/h4,6-11H,3,5,12-13H2,1-2H3,(H,30,34). The summed E-state index contributed by atoms with van der Waals surface area (Å²) < 4.78 is 40.6. The zero-order valence-electron chi connectivity index (χ0n) is 20.0. The fourth-order valence-electron chi connectivity index (χ4n) is 4.65. The maximum Gasteiger partial charge on any atom is 0.255 e. The summed E-state index contributed by atoms with van der Waals surface area (Å²) in [5, 5.41) is 0.604. The van der Waals surface area contributed by atoms with E-state index in [0.717, 1.165) is 18.2 Å². The number of aryl methyl sites for hydroxylation is 2. The van der Waals surface area contributed by atoms with E-state index in [9.17, 15) is 22.4 Å². The second-order valence-electron chi connectivity index (χ2n) is 9.11. The summed E-state index contributed by atoms with van der Waals surface area (Å²) in [5.41, 5.74) is 1.98. The van der Waals surface area contributed by atoms with Crippen molar-refractivity contribution in [2.45, 2.75) is 26.3 Å². The van der Waals surface area contributed by atoms with E-state index in [2.05, 4.69) is 15.0 Å². The summed E-state index contributed by atoms with van der Waals surface area (Å²) in [6.45, 7) is 1.57. The zero-order valence-corrected chi connectivity index (χ0v) is 21.6. The first kappa shape index (κ1) is 25.0. The van der Waals surface area contributed by atoms with Crippen LogP contribution in [0.5, 0.6) is 0 Å². The summed E-state index contributed by atoms with van der Waals surface area (Å²) in [6, 6.07) is 7.83. The van der Waals surface area contributed by atoms with E-state index in [1.54, 1.807) is 31.3 Å². The first-order valence-electron chi connectivity index (χ1n) is 11.5. The Kier molecular flexibility index (Phi) is 6.33. The van der Waals surface area contributed by atoms with Gasteiger partial charge >= 0.3 is 0 Å². The number of halogens is 2. The normalized spacial score (nSPS) is 13.2. The number of sulfone groups is 1. The molecular formula is C26H22ClFN4O4S. The molecule has 1 aliphatic rings. The molecule has 37 heavy (non-hydrogen) atoms. The lowest BCUT2D eigenvalue weighted by atomic mass is 10.0. The topological polar surface area (TPSA) is 114 Å². The minimum absolute atomic E-state index is 0.00258. The molecule has 0 unspecified atom stereocenters. The lowest BCUT2D eigenvalue weighted by molar-refractivity contribution is 0.101. The summed E-state index contributed by atoms with van der Waals surface area (Å²) >= 11 is 6.50. The minimum atomic E-state index is -3.72. The second kappa shape index (κ2) is 9.35. The number of Topliss-reactive ketones (excluding diaryl/α,β-unsaturated/α-hetero) is 1. The van der Waals surface area contributed by atoms with E-state index >= 15 is 0 Å². The van der Waals surface area contributed by atoms with Crippen LogP contribution in [-0.4, -0.2) is 47.0 Å². The lowest BCUT2D eigenvalue weighted by Crippen LogP contribution is -2.20. The number of aliphatic imine (C=N–C) groups is 1. The van der Waals surface area contributed by atoms with Crippen LogP contribution in [0.25, 0.3) is 22.0 Å². The second-order valence-corrected chi connectivity index (χ2v) is 11.6. The Hall–Kier alpha value is -3.63. The van der Waals surface area contributed by atoms with Gasteiger partial charge in [0.15, 0.2) is 21.4 Å². The number of aromatic nitrogens is 3. The SMILES string of the molecule is Cc1cc2c(-c3ccc[nH]c3=O)c(C(=O)CS(C)(=O)=O)n(Cc3cc4c(nc3Cl)N=CCC4)c2cc1F. The average Bonchev–Trinajstić information content (AvgIpc) is 3.12. The molecule has 11 heteroatoms. The van der Waals surface area contributed by atoms with E-state index in [4.69, 9.17) is 11.6 Å². The molecule has 0 fully saturated rings. The third kappa shape index (κ3) is 4.74. The fraction of sp³-hybridized carbons (Fsp3) is 0.231. The number of ketones is 1. The van der Waals surface area contributed by atoms with Gasteiger partial charge in [-0.2, -0.15) is 0 Å². The molecule has 0 atom stereocenters. The maximum atomic E-state index is 14.9. The molecular weight excluding hydrogens is 519 g/mol. The van der Waals surface area contributed by atoms with Gasteiger partial charge in [0, 0.05) is 40.7 Å². The molecule has 5 rings (SSSR count). The monoisotopic (exact) mass is 540 g/mol. The van der Waals surface area contributed by atoms with Crippen molar-refractivity contribution in [1.82, 2.24) is 14.5 Å². The third-order valence-corrected chi connectivity index (χ3v) is 7.39. The zero-order chi connectivity index (χ0) is 26.5. The molecule has 4 heterocycles. The molecule has 1 N–H and O–H groups in total. The van der Waals surface area contributed by atoms with E-state index < -0.39 is 32.7 Å². The highest BCUT2D eigenvalue weighted by Gasteiger charge is 2.28. The Bertz CT molecular complexity index is 1790. The fourth-order valence-corrected chi connectivity index (χ4v) is 5.46. The van der Waals surface area contributed by atoms with Gasteiger partial charge in [0.25, 0.3) is 5.56 Å². The van der Waals surface area contributed by atoms with Gasteiger partial charge in [-0.05, 0) is 61.2 Å². The number of aromatic amines is 1. The number of rotatable bonds is 6. The lowest BCUT2D eigenvalue weighted by Gasteiger charge is -2.15. The number of pyridine rings is 2. The number of nitrogens with zero attached hydrogens (tertiary/aromatic N) is 3. The summed E-state index contributed by atoms with van der Waals surface area (Å²) in [4.78, 5) is 37.7. The van der Waals surface area contributed by atoms with Crippen LogP contribution in [0.1, 0.15) is 33.6 Å². The van der Waals surface area contributed by atoms with Crippen LogP contribution in [-0.2, 0) is 22.8 Å². The van der Waals surface area contributed by atoms with Crippen molar-refractivity contribution in [3.05, 3.63) is 80.2 Å². The van der Waals surface area contributed by atoms with Gasteiger partial charge in [0.2, 0.25) is 0 Å². The third-order valence-electron chi connectivity index (χ3n) is 6.28. The molecule has 0 aliphatic carbocycles. The highest BCUT2D eigenvalue weighted by molar-refractivity contribution is 7.91. The van der Waals surface area contributed by atoms with Gasteiger partial charge in [-0.1, -0.05) is 11.6 Å². The molecule has 8 nitrogen and oxygen atoms in total. The first-order valence-corrected chi connectivity index (χ1v) is 13.9. The number of carbonyl (C=O) groups excluding carboxylic acids is 1. The Morgan fingerprint density at radius 2 is 2.05 bits per heavy atom. The van der Waals surface area contributed by atoms with Gasteiger partial charge in [-0.15, -0.1) is 0 Å². The van der Waals surface area contributed by atoms with Crippen molar-refractivity contribution in [3.63, 3.8) is 0 Å². The van der Waals surface area contributed by atoms with Crippen molar-refractivity contribution in [2.24, 2.45) is 4.99 Å². The van der Waals surface area contributed by atoms with Crippen LogP contribution >= 0.6 is 11.6 Å². The number of nitrogens with one attached hydrogen (secondary N) is 1. The Labute approximate surface area is 216 Å². The molecule has 4 aromatic rings. The number of carbonyl (C=O) groups is 1. The van der Waals surface area contributed by atoms with Crippen LogP contribution in [0.2, 0.25) is 5.15 Å². The number of hydrogen-bond acceptors (Lipinski definition) is 6. The van der Waals surface area contributed by atoms with Gasteiger partial charge < -0.3 is 9.55 Å². The number of H-pyrrole nitrogens is 1. The van der Waals surface area contributed by atoms with Crippen LogP contribution in [0.15, 0.2) is 46.3 Å². The molecule has 3 aromatic heterocycles. The van der Waals surface area contributed by atoms with Gasteiger partial charge in [0.1, 0.15) is 16.7 Å². The van der Waals surface area contributed by atoms with Crippen molar-refractivity contribution < 1.29 is 17.6 Å². The smallest absolute Gasteiger partial charge is 0.255 e. The van der Waals surface area contributed by atoms with Crippen molar-refractivity contribution in [1.29, 1.82) is 0 Å². The Morgan fingerprint density at radius 1 is 1.27 bits per heavy atom. The predicted octanol–water partition coefficient (Wildman–Crippen LogP) is 4.42. The molecule has 0 saturated carbocycles. The molecule has 0 radical (unpaired) electrons. The van der Waals surface area contributed by atoms with E-state index in [1.165, 1.54) is 16.8 Å². The van der Waals surface area contributed by atoms with Gasteiger partial charge in [0.05, 0.1) is 17.8 Å². The van der Waals surface area contributed by atoms with E-state index in [0.29, 0.717) is 34.3 Å². The summed E-state index contributed by atoms with van der Waals surface area (Å²) in [6.07, 6.45) is 5.63. The van der Waals surface area contributed by atoms with Crippen molar-refractivity contribution >= 4 is 50.2 Å². The molecule has 0 bridgehead atoms. The molecule has 1 aromatic carbocycles.